The molecular weight excluding hydrogens is 344 g/mol. The first-order valence-electron chi connectivity index (χ1n) is 8.37. The predicted molar refractivity (Wildman–Crippen MR) is 101 cm³/mol. The molecule has 0 atom stereocenters. The van der Waals surface area contributed by atoms with Gasteiger partial charge in [0.1, 0.15) is 5.58 Å². The van der Waals surface area contributed by atoms with Crippen LogP contribution in [0.1, 0.15) is 11.1 Å². The van der Waals surface area contributed by atoms with E-state index >= 15 is 0 Å². The number of rotatable bonds is 2. The Bertz CT molecular complexity index is 1310. The zero-order chi connectivity index (χ0) is 18.7. The number of anilines is 1. The van der Waals surface area contributed by atoms with Crippen molar-refractivity contribution >= 4 is 50.6 Å². The summed E-state index contributed by atoms with van der Waals surface area (Å²) < 4.78 is 12.4. The van der Waals surface area contributed by atoms with E-state index in [4.69, 9.17) is 14.9 Å². The van der Waals surface area contributed by atoms with Gasteiger partial charge >= 0.3 is 11.9 Å². The standard InChI is InChI=1S/C21H14N2O4/c1-23-10-15(13-4-2-3-5-16(13)23)18-17(20(24)27-21(18)25)14-9-12(22)8-11-6-7-26-19(11)14/h2-10H,22H2,1H3. The summed E-state index contributed by atoms with van der Waals surface area (Å²) in [6, 6.07) is 12.8. The van der Waals surface area contributed by atoms with Crippen LogP contribution in [0.25, 0.3) is 33.0 Å². The number of hydrogen-bond donors (Lipinski definition) is 1. The molecule has 1 aliphatic heterocycles. The number of ether oxygens (including phenoxy) is 1. The summed E-state index contributed by atoms with van der Waals surface area (Å²) in [4.78, 5) is 25.2. The Morgan fingerprint density at radius 1 is 0.963 bits per heavy atom. The molecule has 0 spiro atoms. The molecule has 0 saturated carbocycles. The molecule has 0 aliphatic carbocycles. The summed E-state index contributed by atoms with van der Waals surface area (Å²) in [7, 11) is 1.89. The van der Waals surface area contributed by atoms with Crippen molar-refractivity contribution in [1.82, 2.24) is 4.57 Å². The highest BCUT2D eigenvalue weighted by Gasteiger charge is 2.37. The van der Waals surface area contributed by atoms with Gasteiger partial charge in [-0.3, -0.25) is 0 Å². The number of nitrogens with two attached hydrogens (primary N) is 1. The van der Waals surface area contributed by atoms with Crippen molar-refractivity contribution in [3.8, 4) is 0 Å². The van der Waals surface area contributed by atoms with Gasteiger partial charge in [0.15, 0.2) is 0 Å². The summed E-state index contributed by atoms with van der Waals surface area (Å²) in [5.41, 5.74) is 9.39. The molecule has 132 valence electrons. The van der Waals surface area contributed by atoms with Crippen molar-refractivity contribution in [3.05, 3.63) is 66.1 Å². The smallest absolute Gasteiger partial charge is 0.347 e. The third-order valence-electron chi connectivity index (χ3n) is 4.85. The van der Waals surface area contributed by atoms with Crippen LogP contribution in [0.5, 0.6) is 0 Å². The maximum atomic E-state index is 12.6. The Labute approximate surface area is 153 Å². The fraction of sp³-hybridized carbons (Fsp3) is 0.0476. The third kappa shape index (κ3) is 2.13. The van der Waals surface area contributed by atoms with E-state index in [2.05, 4.69) is 0 Å². The number of furan rings is 1. The number of nitrogens with zero attached hydrogens (tertiary/aromatic N) is 1. The normalized spacial score (nSPS) is 14.6. The van der Waals surface area contributed by atoms with Crippen LogP contribution < -0.4 is 5.73 Å². The zero-order valence-corrected chi connectivity index (χ0v) is 14.4. The molecule has 0 bridgehead atoms. The van der Waals surface area contributed by atoms with E-state index in [-0.39, 0.29) is 11.1 Å². The molecule has 0 unspecified atom stereocenters. The largest absolute Gasteiger partial charge is 0.464 e. The van der Waals surface area contributed by atoms with E-state index in [9.17, 15) is 9.59 Å². The number of para-hydroxylation sites is 1. The van der Waals surface area contributed by atoms with Crippen molar-refractivity contribution in [2.45, 2.75) is 0 Å². The maximum absolute atomic E-state index is 12.6. The number of aromatic nitrogens is 1. The zero-order valence-electron chi connectivity index (χ0n) is 14.4. The minimum Gasteiger partial charge on any atom is -0.464 e. The van der Waals surface area contributed by atoms with E-state index < -0.39 is 11.9 Å². The van der Waals surface area contributed by atoms with E-state index in [1.165, 1.54) is 6.26 Å². The van der Waals surface area contributed by atoms with Gasteiger partial charge in [0.05, 0.1) is 17.4 Å². The summed E-state index contributed by atoms with van der Waals surface area (Å²) >= 11 is 0. The van der Waals surface area contributed by atoms with Crippen LogP contribution in [0.3, 0.4) is 0 Å². The number of esters is 2. The lowest BCUT2D eigenvalue weighted by Gasteiger charge is -2.05. The van der Waals surface area contributed by atoms with Gasteiger partial charge in [-0.05, 0) is 24.3 Å². The van der Waals surface area contributed by atoms with Crippen LogP contribution >= 0.6 is 0 Å². The molecule has 5 rings (SSSR count). The van der Waals surface area contributed by atoms with Gasteiger partial charge in [-0.25, -0.2) is 9.59 Å². The lowest BCUT2D eigenvalue weighted by atomic mass is 9.94. The van der Waals surface area contributed by atoms with Crippen LogP contribution in [0.15, 0.2) is 59.3 Å². The van der Waals surface area contributed by atoms with Crippen molar-refractivity contribution in [3.63, 3.8) is 0 Å². The van der Waals surface area contributed by atoms with Crippen molar-refractivity contribution in [2.24, 2.45) is 7.05 Å². The van der Waals surface area contributed by atoms with Crippen LogP contribution in [0, 0.1) is 0 Å². The number of benzene rings is 2. The Morgan fingerprint density at radius 2 is 1.70 bits per heavy atom. The van der Waals surface area contributed by atoms with Crippen LogP contribution in [0.4, 0.5) is 5.69 Å². The van der Waals surface area contributed by atoms with Gasteiger partial charge in [-0.2, -0.15) is 0 Å². The molecule has 2 aromatic heterocycles. The second-order valence-electron chi connectivity index (χ2n) is 6.51. The molecule has 0 saturated heterocycles. The number of nitrogen functional groups attached to an aromatic ring is 1. The Hall–Kier alpha value is -3.80. The van der Waals surface area contributed by atoms with Crippen molar-refractivity contribution in [2.75, 3.05) is 5.73 Å². The molecule has 1 aliphatic rings. The maximum Gasteiger partial charge on any atom is 0.347 e. The van der Waals surface area contributed by atoms with E-state index in [0.717, 1.165) is 16.3 Å². The predicted octanol–water partition coefficient (Wildman–Crippen LogP) is 3.50. The number of cyclic esters (lactones) is 2. The van der Waals surface area contributed by atoms with Gasteiger partial charge in [-0.1, -0.05) is 18.2 Å². The summed E-state index contributed by atoms with van der Waals surface area (Å²) in [6.45, 7) is 0. The van der Waals surface area contributed by atoms with Gasteiger partial charge in [-0.15, -0.1) is 0 Å². The van der Waals surface area contributed by atoms with Crippen molar-refractivity contribution in [1.29, 1.82) is 0 Å². The van der Waals surface area contributed by atoms with Crippen molar-refractivity contribution < 1.29 is 18.7 Å². The summed E-state index contributed by atoms with van der Waals surface area (Å²) in [5, 5.41) is 1.61. The number of aryl methyl sites for hydroxylation is 1. The highest BCUT2D eigenvalue weighted by molar-refractivity contribution is 6.46. The van der Waals surface area contributed by atoms with E-state index in [0.29, 0.717) is 22.4 Å². The SMILES string of the molecule is Cn1cc(C2=C(c3cc(N)cc4ccoc34)C(=O)OC2=O)c2ccccc21. The van der Waals surface area contributed by atoms with Crippen LogP contribution in [0.2, 0.25) is 0 Å². The monoisotopic (exact) mass is 358 g/mol. The molecule has 2 aromatic carbocycles. The minimum atomic E-state index is -0.703. The second kappa shape index (κ2) is 5.35. The average Bonchev–Trinajstić information content (AvgIpc) is 3.31. The molecule has 0 fully saturated rings. The minimum absolute atomic E-state index is 0.170. The second-order valence-corrected chi connectivity index (χ2v) is 6.51. The topological polar surface area (TPSA) is 87.5 Å². The lowest BCUT2D eigenvalue weighted by Crippen LogP contribution is -2.02. The van der Waals surface area contributed by atoms with E-state index in [1.807, 2.05) is 42.1 Å². The molecule has 3 heterocycles. The molecule has 2 N–H and O–H groups in total. The number of carbonyl (C=O) groups is 2. The molecule has 6 nitrogen and oxygen atoms in total. The number of carbonyl (C=O) groups excluding carboxylic acids is 2. The van der Waals surface area contributed by atoms with Crippen LogP contribution in [-0.4, -0.2) is 16.5 Å². The molecule has 27 heavy (non-hydrogen) atoms. The van der Waals surface area contributed by atoms with Crippen LogP contribution in [-0.2, 0) is 21.4 Å². The Balaban J connectivity index is 1.89. The first kappa shape index (κ1) is 15.5. The number of fused-ring (bicyclic) bond motifs is 2. The fourth-order valence-corrected chi connectivity index (χ4v) is 3.71. The summed E-state index contributed by atoms with van der Waals surface area (Å²) in [6.07, 6.45) is 3.35. The molecular formula is C21H14N2O4. The summed E-state index contributed by atoms with van der Waals surface area (Å²) in [5.74, 6) is -1.38. The third-order valence-corrected chi connectivity index (χ3v) is 4.85. The molecule has 6 heteroatoms. The first-order valence-corrected chi connectivity index (χ1v) is 8.37. The molecule has 0 amide bonds. The van der Waals surface area contributed by atoms with Gasteiger partial charge in [0, 0.05) is 46.3 Å². The fourth-order valence-electron chi connectivity index (χ4n) is 3.71. The van der Waals surface area contributed by atoms with Gasteiger partial charge in [0.25, 0.3) is 0 Å². The average molecular weight is 358 g/mol. The quantitative estimate of drug-likeness (QED) is 0.337. The molecule has 0 radical (unpaired) electrons. The highest BCUT2D eigenvalue weighted by atomic mass is 16.6. The molecule has 4 aromatic rings. The first-order chi connectivity index (χ1) is 13.0. The Morgan fingerprint density at radius 3 is 2.52 bits per heavy atom. The lowest BCUT2D eigenvalue weighted by molar-refractivity contribution is -0.149. The van der Waals surface area contributed by atoms with Gasteiger partial charge < -0.3 is 19.5 Å². The van der Waals surface area contributed by atoms with Gasteiger partial charge in [0.2, 0.25) is 0 Å². The Kier molecular flexibility index (Phi) is 3.06. The highest BCUT2D eigenvalue weighted by Crippen LogP contribution is 2.40. The van der Waals surface area contributed by atoms with E-state index in [1.54, 1.807) is 18.2 Å². The number of hydrogen-bond acceptors (Lipinski definition) is 5.